The average Bonchev–Trinajstić information content (AvgIpc) is 2.62. The van der Waals surface area contributed by atoms with Crippen LogP contribution < -0.4 is 10.5 Å². The predicted octanol–water partition coefficient (Wildman–Crippen LogP) is 1.62. The number of benzene rings is 1. The zero-order chi connectivity index (χ0) is 16.5. The summed E-state index contributed by atoms with van der Waals surface area (Å²) in [5.74, 6) is 0.555. The van der Waals surface area contributed by atoms with E-state index in [0.29, 0.717) is 36.5 Å². The van der Waals surface area contributed by atoms with E-state index in [-0.39, 0.29) is 11.5 Å². The van der Waals surface area contributed by atoms with Gasteiger partial charge in [0.15, 0.2) is 0 Å². The summed E-state index contributed by atoms with van der Waals surface area (Å²) < 4.78 is 1.65. The molecule has 1 aromatic carbocycles. The van der Waals surface area contributed by atoms with Gasteiger partial charge < -0.3 is 0 Å². The van der Waals surface area contributed by atoms with Crippen LogP contribution in [0.1, 0.15) is 25.7 Å². The molecule has 4 rings (SSSR count). The van der Waals surface area contributed by atoms with Crippen molar-refractivity contribution in [3.8, 4) is 0 Å². The largest absolute Gasteiger partial charge is 0.294 e. The smallest absolute Gasteiger partial charge is 0.262 e. The number of hydrogen-bond donors (Lipinski definition) is 0. The number of carbonyl (C=O) groups excluding carboxylic acids is 1. The van der Waals surface area contributed by atoms with Crippen molar-refractivity contribution in [2.24, 2.45) is 0 Å². The third kappa shape index (κ3) is 2.71. The standard InChI is InChI=1S/C18H22N4O2/c23-16(13-20-9-4-1-5-10-20)21-11-6-12-22-17(24)14-7-2-3-8-15(14)19-18(21)22/h2-3,7-8H,1,4-6,9-13H2. The molecule has 0 spiro atoms. The van der Waals surface area contributed by atoms with Crippen molar-refractivity contribution in [1.29, 1.82) is 0 Å². The quantitative estimate of drug-likeness (QED) is 0.841. The average molecular weight is 326 g/mol. The number of para-hydroxylation sites is 1. The van der Waals surface area contributed by atoms with Crippen molar-refractivity contribution in [2.75, 3.05) is 31.1 Å². The Labute approximate surface area is 140 Å². The molecule has 0 unspecified atom stereocenters. The Morgan fingerprint density at radius 2 is 1.79 bits per heavy atom. The van der Waals surface area contributed by atoms with Crippen LogP contribution in [-0.2, 0) is 11.3 Å². The summed E-state index contributed by atoms with van der Waals surface area (Å²) in [6.07, 6.45) is 4.36. The summed E-state index contributed by atoms with van der Waals surface area (Å²) in [6, 6.07) is 7.35. The minimum absolute atomic E-state index is 0.0486. The second-order valence-electron chi connectivity index (χ2n) is 6.62. The first-order valence-electron chi connectivity index (χ1n) is 8.76. The van der Waals surface area contributed by atoms with Gasteiger partial charge in [-0.15, -0.1) is 0 Å². The minimum Gasteiger partial charge on any atom is -0.294 e. The van der Waals surface area contributed by atoms with E-state index in [1.807, 2.05) is 18.2 Å². The van der Waals surface area contributed by atoms with Crippen LogP contribution in [0.5, 0.6) is 0 Å². The summed E-state index contributed by atoms with van der Waals surface area (Å²) in [5.41, 5.74) is 0.609. The van der Waals surface area contributed by atoms with E-state index in [2.05, 4.69) is 9.88 Å². The van der Waals surface area contributed by atoms with E-state index < -0.39 is 0 Å². The molecule has 0 bridgehead atoms. The monoisotopic (exact) mass is 326 g/mol. The molecule has 2 aromatic rings. The highest BCUT2D eigenvalue weighted by Gasteiger charge is 2.27. The number of fused-ring (bicyclic) bond motifs is 2. The molecule has 0 atom stereocenters. The molecule has 1 saturated heterocycles. The van der Waals surface area contributed by atoms with Crippen LogP contribution in [0.4, 0.5) is 5.95 Å². The Hall–Kier alpha value is -2.21. The molecule has 6 nitrogen and oxygen atoms in total. The first-order chi connectivity index (χ1) is 11.7. The fourth-order valence-electron chi connectivity index (χ4n) is 3.68. The Morgan fingerprint density at radius 1 is 1.00 bits per heavy atom. The van der Waals surface area contributed by atoms with Gasteiger partial charge in [-0.1, -0.05) is 18.6 Å². The van der Waals surface area contributed by atoms with Crippen LogP contribution in [0, 0.1) is 0 Å². The highest BCUT2D eigenvalue weighted by molar-refractivity contribution is 5.94. The lowest BCUT2D eigenvalue weighted by Crippen LogP contribution is -2.47. The van der Waals surface area contributed by atoms with E-state index in [4.69, 9.17) is 0 Å². The van der Waals surface area contributed by atoms with Gasteiger partial charge in [0.05, 0.1) is 17.4 Å². The molecule has 2 aliphatic rings. The Balaban J connectivity index is 1.67. The number of anilines is 1. The van der Waals surface area contributed by atoms with Crippen LogP contribution in [0.3, 0.4) is 0 Å². The second-order valence-corrected chi connectivity index (χ2v) is 6.62. The van der Waals surface area contributed by atoms with Crippen molar-refractivity contribution in [3.63, 3.8) is 0 Å². The number of likely N-dealkylation sites (tertiary alicyclic amines) is 1. The van der Waals surface area contributed by atoms with Gasteiger partial charge in [0.25, 0.3) is 5.56 Å². The highest BCUT2D eigenvalue weighted by Crippen LogP contribution is 2.20. The van der Waals surface area contributed by atoms with Gasteiger partial charge in [-0.3, -0.25) is 24.0 Å². The molecule has 1 aromatic heterocycles. The third-order valence-corrected chi connectivity index (χ3v) is 4.95. The molecule has 0 saturated carbocycles. The van der Waals surface area contributed by atoms with E-state index in [0.717, 1.165) is 32.4 Å². The predicted molar refractivity (Wildman–Crippen MR) is 93.3 cm³/mol. The molecule has 0 N–H and O–H groups in total. The molecule has 126 valence electrons. The Morgan fingerprint density at radius 3 is 2.62 bits per heavy atom. The number of carbonyl (C=O) groups is 1. The molecule has 1 amide bonds. The highest BCUT2D eigenvalue weighted by atomic mass is 16.2. The summed E-state index contributed by atoms with van der Waals surface area (Å²) in [5, 5.41) is 0.617. The topological polar surface area (TPSA) is 58.4 Å². The zero-order valence-electron chi connectivity index (χ0n) is 13.8. The van der Waals surface area contributed by atoms with E-state index in [1.54, 1.807) is 15.5 Å². The maximum Gasteiger partial charge on any atom is 0.262 e. The van der Waals surface area contributed by atoms with E-state index in [1.165, 1.54) is 6.42 Å². The number of rotatable bonds is 2. The third-order valence-electron chi connectivity index (χ3n) is 4.95. The van der Waals surface area contributed by atoms with Crippen LogP contribution in [0.15, 0.2) is 29.1 Å². The van der Waals surface area contributed by atoms with Crippen LogP contribution in [0.2, 0.25) is 0 Å². The Bertz CT molecular complexity index is 823. The van der Waals surface area contributed by atoms with Crippen molar-refractivity contribution < 1.29 is 4.79 Å². The van der Waals surface area contributed by atoms with Gasteiger partial charge >= 0.3 is 0 Å². The lowest BCUT2D eigenvalue weighted by molar-refractivity contribution is -0.120. The van der Waals surface area contributed by atoms with Gasteiger partial charge in [0.2, 0.25) is 11.9 Å². The SMILES string of the molecule is O=C(CN1CCCCC1)N1CCCn2c1nc1ccccc1c2=O. The molecule has 6 heteroatoms. The zero-order valence-corrected chi connectivity index (χ0v) is 13.8. The fraction of sp³-hybridized carbons (Fsp3) is 0.500. The van der Waals surface area contributed by atoms with Gasteiger partial charge in [0, 0.05) is 13.1 Å². The molecule has 0 aliphatic carbocycles. The number of hydrogen-bond acceptors (Lipinski definition) is 4. The van der Waals surface area contributed by atoms with E-state index >= 15 is 0 Å². The lowest BCUT2D eigenvalue weighted by Gasteiger charge is -2.32. The van der Waals surface area contributed by atoms with Gasteiger partial charge in [0.1, 0.15) is 0 Å². The minimum atomic E-state index is -0.0499. The summed E-state index contributed by atoms with van der Waals surface area (Å²) >= 11 is 0. The number of piperidine rings is 1. The normalized spacial score (nSPS) is 18.6. The van der Waals surface area contributed by atoms with Crippen LogP contribution in [0.25, 0.3) is 10.9 Å². The molecule has 2 aliphatic heterocycles. The molecule has 24 heavy (non-hydrogen) atoms. The summed E-state index contributed by atoms with van der Waals surface area (Å²) in [7, 11) is 0. The summed E-state index contributed by atoms with van der Waals surface area (Å²) in [4.78, 5) is 34.0. The maximum atomic E-state index is 12.8. The van der Waals surface area contributed by atoms with Gasteiger partial charge in [-0.2, -0.15) is 0 Å². The number of aromatic nitrogens is 2. The van der Waals surface area contributed by atoms with Crippen molar-refractivity contribution in [3.05, 3.63) is 34.6 Å². The molecular formula is C18H22N4O2. The second kappa shape index (κ2) is 6.36. The van der Waals surface area contributed by atoms with Crippen molar-refractivity contribution >= 4 is 22.8 Å². The van der Waals surface area contributed by atoms with Gasteiger partial charge in [-0.05, 0) is 44.5 Å². The van der Waals surface area contributed by atoms with Gasteiger partial charge in [-0.25, -0.2) is 4.98 Å². The molecule has 3 heterocycles. The first kappa shape index (κ1) is 15.3. The Kier molecular flexibility index (Phi) is 4.06. The lowest BCUT2D eigenvalue weighted by atomic mass is 10.1. The number of nitrogens with zero attached hydrogens (tertiary/aromatic N) is 4. The molecular weight excluding hydrogens is 304 g/mol. The number of amides is 1. The molecule has 0 radical (unpaired) electrons. The van der Waals surface area contributed by atoms with E-state index in [9.17, 15) is 9.59 Å². The van der Waals surface area contributed by atoms with Crippen molar-refractivity contribution in [2.45, 2.75) is 32.2 Å². The van der Waals surface area contributed by atoms with Crippen LogP contribution in [-0.4, -0.2) is 46.5 Å². The fourth-order valence-corrected chi connectivity index (χ4v) is 3.68. The van der Waals surface area contributed by atoms with Crippen molar-refractivity contribution in [1.82, 2.24) is 14.5 Å². The maximum absolute atomic E-state index is 12.8. The van der Waals surface area contributed by atoms with Crippen LogP contribution >= 0.6 is 0 Å². The first-order valence-corrected chi connectivity index (χ1v) is 8.76. The summed E-state index contributed by atoms with van der Waals surface area (Å²) in [6.45, 7) is 3.65. The molecule has 1 fully saturated rings.